The van der Waals surface area contributed by atoms with Gasteiger partial charge in [0.25, 0.3) is 0 Å². The fourth-order valence-corrected chi connectivity index (χ4v) is 2.47. The van der Waals surface area contributed by atoms with Gasteiger partial charge in [-0.15, -0.1) is 0 Å². The van der Waals surface area contributed by atoms with Crippen molar-refractivity contribution in [1.82, 2.24) is 5.32 Å². The third-order valence-electron chi connectivity index (χ3n) is 3.88. The van der Waals surface area contributed by atoms with Gasteiger partial charge < -0.3 is 10.1 Å². The molecule has 2 rings (SSSR count). The normalized spacial score (nSPS) is 27.0. The van der Waals surface area contributed by atoms with E-state index in [1.807, 2.05) is 7.11 Å². The highest BCUT2D eigenvalue weighted by Crippen LogP contribution is 2.45. The van der Waals surface area contributed by atoms with Gasteiger partial charge in [0.05, 0.1) is 6.10 Å². The van der Waals surface area contributed by atoms with E-state index in [1.165, 1.54) is 45.1 Å². The van der Waals surface area contributed by atoms with Gasteiger partial charge in [-0.2, -0.15) is 0 Å². The molecule has 2 saturated carbocycles. The number of nitrogens with one attached hydrogen (secondary N) is 1. The molecule has 0 heterocycles. The average molecular weight is 197 g/mol. The Labute approximate surface area is 87.4 Å². The van der Waals surface area contributed by atoms with E-state index >= 15 is 0 Å². The summed E-state index contributed by atoms with van der Waals surface area (Å²) < 4.78 is 5.38. The number of ether oxygens (including phenoxy) is 1. The Balaban J connectivity index is 1.75. The van der Waals surface area contributed by atoms with Crippen LogP contribution in [0.4, 0.5) is 0 Å². The lowest BCUT2D eigenvalue weighted by Crippen LogP contribution is -2.42. The largest absolute Gasteiger partial charge is 0.382 e. The second-order valence-electron chi connectivity index (χ2n) is 5.26. The molecule has 14 heavy (non-hydrogen) atoms. The summed E-state index contributed by atoms with van der Waals surface area (Å²) in [5.74, 6) is 0. The predicted octanol–water partition coefficient (Wildman–Crippen LogP) is 2.33. The van der Waals surface area contributed by atoms with Gasteiger partial charge in [-0.3, -0.25) is 0 Å². The van der Waals surface area contributed by atoms with Crippen LogP contribution >= 0.6 is 0 Å². The topological polar surface area (TPSA) is 21.3 Å². The first-order valence-electron chi connectivity index (χ1n) is 6.00. The second-order valence-corrected chi connectivity index (χ2v) is 5.26. The Morgan fingerprint density at radius 2 is 2.14 bits per heavy atom. The van der Waals surface area contributed by atoms with E-state index in [-0.39, 0.29) is 0 Å². The zero-order valence-corrected chi connectivity index (χ0v) is 9.51. The Morgan fingerprint density at radius 1 is 1.43 bits per heavy atom. The smallest absolute Gasteiger partial charge is 0.0549 e. The molecule has 2 nitrogen and oxygen atoms in total. The SMILES string of the molecule is COC(C)CC1(CNC2CC2)CCC1. The number of hydrogen-bond acceptors (Lipinski definition) is 2. The molecular formula is C12H23NO. The van der Waals surface area contributed by atoms with Crippen LogP contribution in [0.15, 0.2) is 0 Å². The minimum atomic E-state index is 0.427. The minimum absolute atomic E-state index is 0.427. The quantitative estimate of drug-likeness (QED) is 0.705. The van der Waals surface area contributed by atoms with Crippen LogP contribution in [0.25, 0.3) is 0 Å². The summed E-state index contributed by atoms with van der Waals surface area (Å²) >= 11 is 0. The van der Waals surface area contributed by atoms with Crippen molar-refractivity contribution in [3.05, 3.63) is 0 Å². The maximum Gasteiger partial charge on any atom is 0.0549 e. The number of methoxy groups -OCH3 is 1. The van der Waals surface area contributed by atoms with Crippen LogP contribution in [-0.2, 0) is 4.74 Å². The zero-order valence-electron chi connectivity index (χ0n) is 9.51. The minimum Gasteiger partial charge on any atom is -0.382 e. The van der Waals surface area contributed by atoms with E-state index in [9.17, 15) is 0 Å². The van der Waals surface area contributed by atoms with E-state index in [4.69, 9.17) is 4.74 Å². The van der Waals surface area contributed by atoms with Gasteiger partial charge in [0, 0.05) is 19.7 Å². The molecule has 0 aromatic carbocycles. The van der Waals surface area contributed by atoms with Gasteiger partial charge in [0.15, 0.2) is 0 Å². The average Bonchev–Trinajstić information content (AvgIpc) is 2.92. The molecule has 2 fully saturated rings. The van der Waals surface area contributed by atoms with Gasteiger partial charge in [0.1, 0.15) is 0 Å². The lowest BCUT2D eigenvalue weighted by atomic mass is 9.65. The second kappa shape index (κ2) is 4.19. The van der Waals surface area contributed by atoms with Crippen molar-refractivity contribution in [3.8, 4) is 0 Å². The monoisotopic (exact) mass is 197 g/mol. The van der Waals surface area contributed by atoms with Crippen LogP contribution in [0.3, 0.4) is 0 Å². The lowest BCUT2D eigenvalue weighted by molar-refractivity contribution is 0.0230. The summed E-state index contributed by atoms with van der Waals surface area (Å²) in [5, 5.41) is 3.67. The third-order valence-corrected chi connectivity index (χ3v) is 3.88. The van der Waals surface area contributed by atoms with Gasteiger partial charge in [0.2, 0.25) is 0 Å². The number of rotatable bonds is 6. The summed E-state index contributed by atoms with van der Waals surface area (Å²) in [6.07, 6.45) is 8.69. The molecule has 2 aliphatic carbocycles. The molecule has 1 N–H and O–H groups in total. The first kappa shape index (κ1) is 10.4. The first-order chi connectivity index (χ1) is 6.74. The van der Waals surface area contributed by atoms with Crippen LogP contribution in [-0.4, -0.2) is 25.8 Å². The third kappa shape index (κ3) is 2.48. The maximum atomic E-state index is 5.38. The van der Waals surface area contributed by atoms with E-state index in [0.29, 0.717) is 11.5 Å². The molecule has 2 heteroatoms. The van der Waals surface area contributed by atoms with Crippen molar-refractivity contribution < 1.29 is 4.74 Å². The van der Waals surface area contributed by atoms with E-state index < -0.39 is 0 Å². The molecule has 82 valence electrons. The molecule has 2 aliphatic rings. The molecule has 0 bridgehead atoms. The van der Waals surface area contributed by atoms with Crippen molar-refractivity contribution in [2.75, 3.05) is 13.7 Å². The summed E-state index contributed by atoms with van der Waals surface area (Å²) in [6.45, 7) is 3.42. The highest BCUT2D eigenvalue weighted by atomic mass is 16.5. The fraction of sp³-hybridized carbons (Fsp3) is 1.00. The first-order valence-corrected chi connectivity index (χ1v) is 6.00. The summed E-state index contributed by atoms with van der Waals surface area (Å²) in [6, 6.07) is 0.852. The van der Waals surface area contributed by atoms with Gasteiger partial charge >= 0.3 is 0 Å². The molecule has 0 radical (unpaired) electrons. The predicted molar refractivity (Wildman–Crippen MR) is 58.4 cm³/mol. The van der Waals surface area contributed by atoms with Gasteiger partial charge in [-0.05, 0) is 44.4 Å². The van der Waals surface area contributed by atoms with E-state index in [1.54, 1.807) is 0 Å². The van der Waals surface area contributed by atoms with Crippen LogP contribution in [0.2, 0.25) is 0 Å². The van der Waals surface area contributed by atoms with Crippen molar-refractivity contribution >= 4 is 0 Å². The summed E-state index contributed by atoms with van der Waals surface area (Å²) in [4.78, 5) is 0. The Morgan fingerprint density at radius 3 is 2.57 bits per heavy atom. The molecule has 0 aliphatic heterocycles. The van der Waals surface area contributed by atoms with Crippen molar-refractivity contribution in [1.29, 1.82) is 0 Å². The Kier molecular flexibility index (Phi) is 3.13. The molecule has 0 aromatic heterocycles. The van der Waals surface area contributed by atoms with Crippen LogP contribution < -0.4 is 5.32 Å². The highest BCUT2D eigenvalue weighted by Gasteiger charge is 2.39. The summed E-state index contributed by atoms with van der Waals surface area (Å²) in [7, 11) is 1.82. The lowest BCUT2D eigenvalue weighted by Gasteiger charge is -2.43. The molecule has 0 spiro atoms. The van der Waals surface area contributed by atoms with Crippen molar-refractivity contribution in [3.63, 3.8) is 0 Å². The number of hydrogen-bond donors (Lipinski definition) is 1. The molecular weight excluding hydrogens is 174 g/mol. The molecule has 0 saturated heterocycles. The molecule has 1 atom stereocenters. The molecule has 1 unspecified atom stereocenters. The van der Waals surface area contributed by atoms with Crippen LogP contribution in [0, 0.1) is 5.41 Å². The van der Waals surface area contributed by atoms with E-state index in [0.717, 1.165) is 6.04 Å². The molecule has 0 amide bonds. The Bertz CT molecular complexity index is 185. The summed E-state index contributed by atoms with van der Waals surface area (Å²) in [5.41, 5.74) is 0.581. The molecule has 0 aromatic rings. The Hall–Kier alpha value is -0.0800. The van der Waals surface area contributed by atoms with Crippen LogP contribution in [0.5, 0.6) is 0 Å². The standard InChI is InChI=1S/C12H23NO/c1-10(14-2)8-12(6-3-7-12)9-13-11-4-5-11/h10-11,13H,3-9H2,1-2H3. The van der Waals surface area contributed by atoms with Crippen LogP contribution in [0.1, 0.15) is 45.4 Å². The zero-order chi connectivity index (χ0) is 10.0. The van der Waals surface area contributed by atoms with Crippen molar-refractivity contribution in [2.45, 2.75) is 57.6 Å². The van der Waals surface area contributed by atoms with Crippen molar-refractivity contribution in [2.24, 2.45) is 5.41 Å². The fourth-order valence-electron chi connectivity index (χ4n) is 2.47. The van der Waals surface area contributed by atoms with Gasteiger partial charge in [-0.1, -0.05) is 6.42 Å². The van der Waals surface area contributed by atoms with Gasteiger partial charge in [-0.25, -0.2) is 0 Å². The van der Waals surface area contributed by atoms with E-state index in [2.05, 4.69) is 12.2 Å². The highest BCUT2D eigenvalue weighted by molar-refractivity contribution is 4.93. The maximum absolute atomic E-state index is 5.38.